The Bertz CT molecular complexity index is 708. The number of hydrogen-bond donors (Lipinski definition) is 0. The number of rotatable bonds is 4. The van der Waals surface area contributed by atoms with Crippen molar-refractivity contribution in [2.45, 2.75) is 6.54 Å². The summed E-state index contributed by atoms with van der Waals surface area (Å²) in [5.41, 5.74) is 1.22. The molecule has 0 spiro atoms. The predicted octanol–water partition coefficient (Wildman–Crippen LogP) is 2.79. The van der Waals surface area contributed by atoms with E-state index in [0.717, 1.165) is 11.8 Å². The lowest BCUT2D eigenvalue weighted by molar-refractivity contribution is 0.595. The van der Waals surface area contributed by atoms with Gasteiger partial charge in [-0.1, -0.05) is 6.07 Å². The zero-order chi connectivity index (χ0) is 14.8. The van der Waals surface area contributed by atoms with Crippen molar-refractivity contribution in [3.8, 4) is 0 Å². The van der Waals surface area contributed by atoms with Crippen LogP contribution in [0, 0.1) is 9.39 Å². The van der Waals surface area contributed by atoms with E-state index in [9.17, 15) is 12.8 Å². The molecule has 106 valence electrons. The monoisotopic (exact) mass is 406 g/mol. The minimum Gasteiger partial charge on any atom is -0.265 e. The summed E-state index contributed by atoms with van der Waals surface area (Å²) >= 11 is 1.92. The van der Waals surface area contributed by atoms with E-state index in [1.54, 1.807) is 24.5 Å². The van der Waals surface area contributed by atoms with E-state index < -0.39 is 15.8 Å². The van der Waals surface area contributed by atoms with Crippen LogP contribution in [0.1, 0.15) is 5.56 Å². The zero-order valence-corrected chi connectivity index (χ0v) is 13.6. The van der Waals surface area contributed by atoms with Gasteiger partial charge in [-0.3, -0.25) is 9.29 Å². The lowest BCUT2D eigenvalue weighted by Crippen LogP contribution is -2.30. The Balaban J connectivity index is 2.44. The first-order valence-electron chi connectivity index (χ1n) is 5.69. The summed E-state index contributed by atoms with van der Waals surface area (Å²) in [5.74, 6) is -0.395. The Morgan fingerprint density at radius 3 is 2.65 bits per heavy atom. The van der Waals surface area contributed by atoms with Gasteiger partial charge in [0.25, 0.3) is 0 Å². The smallest absolute Gasteiger partial charge is 0.232 e. The SMILES string of the molecule is CS(=O)(=O)N(Cc1cccnc1)c1ccc(F)cc1I. The molecule has 0 aliphatic rings. The first-order chi connectivity index (χ1) is 9.38. The summed E-state index contributed by atoms with van der Waals surface area (Å²) in [6.07, 6.45) is 4.35. The molecule has 4 nitrogen and oxygen atoms in total. The maximum atomic E-state index is 13.2. The van der Waals surface area contributed by atoms with Crippen molar-refractivity contribution >= 4 is 38.3 Å². The number of halogens is 2. The van der Waals surface area contributed by atoms with Gasteiger partial charge in [0, 0.05) is 16.0 Å². The molecule has 0 bridgehead atoms. The molecule has 2 rings (SSSR count). The van der Waals surface area contributed by atoms with Crippen molar-refractivity contribution in [1.29, 1.82) is 0 Å². The highest BCUT2D eigenvalue weighted by molar-refractivity contribution is 14.1. The summed E-state index contributed by atoms with van der Waals surface area (Å²) in [4.78, 5) is 3.97. The number of nitrogens with zero attached hydrogens (tertiary/aromatic N) is 2. The molecule has 0 unspecified atom stereocenters. The molecule has 0 saturated carbocycles. The minimum absolute atomic E-state index is 0.161. The van der Waals surface area contributed by atoms with Gasteiger partial charge in [-0.2, -0.15) is 0 Å². The minimum atomic E-state index is -3.47. The van der Waals surface area contributed by atoms with Crippen molar-refractivity contribution in [3.63, 3.8) is 0 Å². The Labute approximate surface area is 130 Å². The molecule has 0 saturated heterocycles. The fourth-order valence-corrected chi connectivity index (χ4v) is 3.55. The van der Waals surface area contributed by atoms with Crippen molar-refractivity contribution in [1.82, 2.24) is 4.98 Å². The maximum Gasteiger partial charge on any atom is 0.232 e. The lowest BCUT2D eigenvalue weighted by atomic mass is 10.2. The van der Waals surface area contributed by atoms with Crippen molar-refractivity contribution < 1.29 is 12.8 Å². The summed E-state index contributed by atoms with van der Waals surface area (Å²) < 4.78 is 38.9. The first-order valence-corrected chi connectivity index (χ1v) is 8.62. The number of pyridine rings is 1. The first kappa shape index (κ1) is 15.2. The van der Waals surface area contributed by atoms with E-state index >= 15 is 0 Å². The van der Waals surface area contributed by atoms with E-state index in [2.05, 4.69) is 4.98 Å². The van der Waals surface area contributed by atoms with Gasteiger partial charge >= 0.3 is 0 Å². The molecule has 20 heavy (non-hydrogen) atoms. The Morgan fingerprint density at radius 2 is 2.10 bits per heavy atom. The topological polar surface area (TPSA) is 50.3 Å². The molecule has 0 fully saturated rings. The second kappa shape index (κ2) is 6.04. The van der Waals surface area contributed by atoms with Gasteiger partial charge in [-0.25, -0.2) is 12.8 Å². The number of benzene rings is 1. The van der Waals surface area contributed by atoms with Gasteiger partial charge in [0.2, 0.25) is 10.0 Å². The number of sulfonamides is 1. The molecule has 0 aliphatic carbocycles. The molecule has 1 heterocycles. The summed E-state index contributed by atoms with van der Waals surface area (Å²) in [6.45, 7) is 0.161. The van der Waals surface area contributed by atoms with Crippen LogP contribution in [-0.4, -0.2) is 19.7 Å². The van der Waals surface area contributed by atoms with Crippen LogP contribution in [0.3, 0.4) is 0 Å². The second-order valence-electron chi connectivity index (χ2n) is 4.23. The zero-order valence-electron chi connectivity index (χ0n) is 10.6. The summed E-state index contributed by atoms with van der Waals surface area (Å²) in [7, 11) is -3.47. The number of aromatic nitrogens is 1. The van der Waals surface area contributed by atoms with Gasteiger partial charge in [0.15, 0.2) is 0 Å². The maximum absolute atomic E-state index is 13.2. The van der Waals surface area contributed by atoms with Crippen LogP contribution in [0.4, 0.5) is 10.1 Å². The normalized spacial score (nSPS) is 11.3. The van der Waals surface area contributed by atoms with Gasteiger partial charge in [-0.05, 0) is 52.4 Å². The van der Waals surface area contributed by atoms with E-state index in [0.29, 0.717) is 9.26 Å². The van der Waals surface area contributed by atoms with Crippen molar-refractivity contribution in [3.05, 3.63) is 57.7 Å². The largest absolute Gasteiger partial charge is 0.265 e. The molecule has 1 aromatic heterocycles. The highest BCUT2D eigenvalue weighted by Gasteiger charge is 2.20. The third kappa shape index (κ3) is 3.66. The van der Waals surface area contributed by atoms with Crippen LogP contribution in [0.25, 0.3) is 0 Å². The van der Waals surface area contributed by atoms with Crippen LogP contribution < -0.4 is 4.31 Å². The van der Waals surface area contributed by atoms with Gasteiger partial charge in [0.05, 0.1) is 18.5 Å². The fraction of sp³-hybridized carbons (Fsp3) is 0.154. The third-order valence-corrected chi connectivity index (χ3v) is 4.62. The quantitative estimate of drug-likeness (QED) is 0.734. The van der Waals surface area contributed by atoms with Gasteiger partial charge in [-0.15, -0.1) is 0 Å². The van der Waals surface area contributed by atoms with Crippen molar-refractivity contribution in [2.24, 2.45) is 0 Å². The van der Waals surface area contributed by atoms with E-state index in [4.69, 9.17) is 0 Å². The number of hydrogen-bond acceptors (Lipinski definition) is 3. The van der Waals surface area contributed by atoms with E-state index in [1.165, 1.54) is 22.5 Å². The Kier molecular flexibility index (Phi) is 4.59. The molecular formula is C13H12FIN2O2S. The number of anilines is 1. The van der Waals surface area contributed by atoms with Crippen LogP contribution in [-0.2, 0) is 16.6 Å². The summed E-state index contributed by atoms with van der Waals surface area (Å²) in [5, 5.41) is 0. The van der Waals surface area contributed by atoms with E-state index in [1.807, 2.05) is 22.6 Å². The Morgan fingerprint density at radius 1 is 1.35 bits per heavy atom. The Hall–Kier alpha value is -1.22. The molecule has 7 heteroatoms. The standard InChI is InChI=1S/C13H12FIN2O2S/c1-20(18,19)17(9-10-3-2-6-16-8-10)13-5-4-11(14)7-12(13)15/h2-8H,9H2,1H3. The lowest BCUT2D eigenvalue weighted by Gasteiger charge is -2.23. The molecule has 0 amide bonds. The van der Waals surface area contributed by atoms with Gasteiger partial charge < -0.3 is 0 Å². The molecule has 0 radical (unpaired) electrons. The highest BCUT2D eigenvalue weighted by atomic mass is 127. The molecule has 0 N–H and O–H groups in total. The molecule has 0 aliphatic heterocycles. The average Bonchev–Trinajstić information content (AvgIpc) is 2.37. The molecular weight excluding hydrogens is 394 g/mol. The van der Waals surface area contributed by atoms with Crippen LogP contribution in [0.15, 0.2) is 42.7 Å². The molecule has 0 atom stereocenters. The highest BCUT2D eigenvalue weighted by Crippen LogP contribution is 2.27. The average molecular weight is 406 g/mol. The van der Waals surface area contributed by atoms with Gasteiger partial charge in [0.1, 0.15) is 5.82 Å². The third-order valence-electron chi connectivity index (χ3n) is 2.63. The van der Waals surface area contributed by atoms with Crippen LogP contribution >= 0.6 is 22.6 Å². The van der Waals surface area contributed by atoms with Crippen LogP contribution in [0.2, 0.25) is 0 Å². The summed E-state index contributed by atoms with van der Waals surface area (Å²) in [6, 6.07) is 7.55. The molecule has 1 aromatic carbocycles. The van der Waals surface area contributed by atoms with Crippen molar-refractivity contribution in [2.75, 3.05) is 10.6 Å². The predicted molar refractivity (Wildman–Crippen MR) is 84.4 cm³/mol. The van der Waals surface area contributed by atoms with Crippen LogP contribution in [0.5, 0.6) is 0 Å². The second-order valence-corrected chi connectivity index (χ2v) is 7.30. The fourth-order valence-electron chi connectivity index (χ4n) is 1.72. The van der Waals surface area contributed by atoms with E-state index in [-0.39, 0.29) is 6.54 Å². The molecule has 2 aromatic rings.